The largest absolute Gasteiger partial charge is 0.448 e. The summed E-state index contributed by atoms with van der Waals surface area (Å²) in [7, 11) is 0. The number of hydrogen-bond donors (Lipinski definition) is 0. The molecule has 84 valence electrons. The molecule has 0 atom stereocenters. The Morgan fingerprint density at radius 3 is 2.44 bits per heavy atom. The monoisotopic (exact) mass is 238 g/mol. The molecular formula is C12H11ClO3. The lowest BCUT2D eigenvalue weighted by molar-refractivity contribution is -0.138. The van der Waals surface area contributed by atoms with E-state index in [2.05, 4.69) is 0 Å². The lowest BCUT2D eigenvalue weighted by Gasteiger charge is -2.35. The minimum Gasteiger partial charge on any atom is -0.448 e. The first-order valence-corrected chi connectivity index (χ1v) is 5.70. The number of carbonyl (C=O) groups is 1. The average molecular weight is 239 g/mol. The van der Waals surface area contributed by atoms with E-state index in [1.165, 1.54) is 6.92 Å². The quantitative estimate of drug-likeness (QED) is 0.705. The molecule has 1 aliphatic heterocycles. The first kappa shape index (κ1) is 9.97. The standard InChI is InChI=1S/C12H11ClO3/c1-7(14)8-5-10-11(6-9(8)13)16-12(15-10)3-2-4-12/h5-6H,2-4H2,1H3. The van der Waals surface area contributed by atoms with Crippen LogP contribution in [0.5, 0.6) is 11.5 Å². The molecule has 1 spiro atoms. The topological polar surface area (TPSA) is 35.5 Å². The summed E-state index contributed by atoms with van der Waals surface area (Å²) in [5.41, 5.74) is 0.486. The van der Waals surface area contributed by atoms with Crippen molar-refractivity contribution >= 4 is 17.4 Å². The highest BCUT2D eigenvalue weighted by Gasteiger charge is 2.47. The van der Waals surface area contributed by atoms with Crippen molar-refractivity contribution in [1.82, 2.24) is 0 Å². The van der Waals surface area contributed by atoms with Gasteiger partial charge in [-0.05, 0) is 19.4 Å². The second-order valence-corrected chi connectivity index (χ2v) is 4.71. The number of ether oxygens (including phenoxy) is 2. The van der Waals surface area contributed by atoms with Crippen LogP contribution in [0.4, 0.5) is 0 Å². The average Bonchev–Trinajstić information content (AvgIpc) is 2.54. The van der Waals surface area contributed by atoms with Gasteiger partial charge in [0.05, 0.1) is 5.02 Å². The predicted octanol–water partition coefficient (Wildman–Crippen LogP) is 3.19. The number of hydrogen-bond acceptors (Lipinski definition) is 3. The van der Waals surface area contributed by atoms with Crippen LogP contribution in [0.15, 0.2) is 12.1 Å². The Labute approximate surface area is 98.3 Å². The number of halogens is 1. The molecule has 4 heteroatoms. The molecule has 1 saturated carbocycles. The van der Waals surface area contributed by atoms with Crippen molar-refractivity contribution in [2.45, 2.75) is 32.0 Å². The first-order valence-electron chi connectivity index (χ1n) is 5.32. The number of Topliss-reactive ketones (excluding diaryl/α,β-unsaturated/α-hetero) is 1. The van der Waals surface area contributed by atoms with E-state index in [9.17, 15) is 4.79 Å². The van der Waals surface area contributed by atoms with Crippen LogP contribution in [0.2, 0.25) is 5.02 Å². The number of fused-ring (bicyclic) bond motifs is 1. The van der Waals surface area contributed by atoms with E-state index in [-0.39, 0.29) is 5.78 Å². The molecule has 0 N–H and O–H groups in total. The Kier molecular flexibility index (Phi) is 1.96. The van der Waals surface area contributed by atoms with Crippen molar-refractivity contribution in [3.05, 3.63) is 22.7 Å². The Bertz CT molecular complexity index is 477. The molecule has 0 bridgehead atoms. The van der Waals surface area contributed by atoms with E-state index in [4.69, 9.17) is 21.1 Å². The third-order valence-corrected chi connectivity index (χ3v) is 3.43. The van der Waals surface area contributed by atoms with Crippen LogP contribution >= 0.6 is 11.6 Å². The van der Waals surface area contributed by atoms with Gasteiger partial charge in [-0.1, -0.05) is 11.6 Å². The molecular weight excluding hydrogens is 228 g/mol. The lowest BCUT2D eigenvalue weighted by atomic mass is 9.91. The van der Waals surface area contributed by atoms with Gasteiger partial charge in [-0.15, -0.1) is 0 Å². The second kappa shape index (κ2) is 3.14. The molecule has 0 aromatic heterocycles. The van der Waals surface area contributed by atoms with E-state index in [1.54, 1.807) is 12.1 Å². The Hall–Kier alpha value is -1.22. The number of benzene rings is 1. The second-order valence-electron chi connectivity index (χ2n) is 4.30. The van der Waals surface area contributed by atoms with Crippen LogP contribution in [0.25, 0.3) is 0 Å². The van der Waals surface area contributed by atoms with Crippen LogP contribution in [0, 0.1) is 0 Å². The minimum absolute atomic E-state index is 0.0639. The van der Waals surface area contributed by atoms with Crippen LogP contribution in [-0.2, 0) is 0 Å². The highest BCUT2D eigenvalue weighted by molar-refractivity contribution is 6.34. The van der Waals surface area contributed by atoms with Gasteiger partial charge >= 0.3 is 0 Å². The van der Waals surface area contributed by atoms with Crippen molar-refractivity contribution in [3.8, 4) is 11.5 Å². The first-order chi connectivity index (χ1) is 7.60. The zero-order chi connectivity index (χ0) is 11.3. The minimum atomic E-state index is -0.471. The van der Waals surface area contributed by atoms with Crippen LogP contribution in [0.3, 0.4) is 0 Å². The summed E-state index contributed by atoms with van der Waals surface area (Å²) in [6, 6.07) is 3.34. The van der Waals surface area contributed by atoms with E-state index in [1.807, 2.05) is 0 Å². The zero-order valence-corrected chi connectivity index (χ0v) is 9.63. The molecule has 0 radical (unpaired) electrons. The molecule has 2 aliphatic rings. The molecule has 3 nitrogen and oxygen atoms in total. The molecule has 1 fully saturated rings. The van der Waals surface area contributed by atoms with E-state index in [0.717, 1.165) is 19.3 Å². The maximum Gasteiger partial charge on any atom is 0.251 e. The van der Waals surface area contributed by atoms with Crippen molar-refractivity contribution in [2.24, 2.45) is 0 Å². The molecule has 1 aliphatic carbocycles. The molecule has 0 amide bonds. The van der Waals surface area contributed by atoms with Crippen LogP contribution in [-0.4, -0.2) is 11.6 Å². The van der Waals surface area contributed by atoms with Gasteiger partial charge in [0.1, 0.15) is 0 Å². The van der Waals surface area contributed by atoms with Gasteiger partial charge in [-0.3, -0.25) is 4.79 Å². The Balaban J connectivity index is 2.02. The van der Waals surface area contributed by atoms with Gasteiger partial charge in [-0.25, -0.2) is 0 Å². The molecule has 0 saturated heterocycles. The number of ketones is 1. The zero-order valence-electron chi connectivity index (χ0n) is 8.88. The summed E-state index contributed by atoms with van der Waals surface area (Å²) in [6.45, 7) is 1.49. The Morgan fingerprint density at radius 2 is 1.94 bits per heavy atom. The normalized spacial score (nSPS) is 19.6. The molecule has 16 heavy (non-hydrogen) atoms. The van der Waals surface area contributed by atoms with Gasteiger partial charge in [-0.2, -0.15) is 0 Å². The maximum atomic E-state index is 11.3. The molecule has 1 aromatic carbocycles. The summed E-state index contributed by atoms with van der Waals surface area (Å²) < 4.78 is 11.5. The highest BCUT2D eigenvalue weighted by Crippen LogP contribution is 2.49. The third-order valence-electron chi connectivity index (χ3n) is 3.12. The highest BCUT2D eigenvalue weighted by atomic mass is 35.5. The summed E-state index contributed by atoms with van der Waals surface area (Å²) >= 11 is 6.00. The molecule has 1 heterocycles. The number of carbonyl (C=O) groups excluding carboxylic acids is 1. The van der Waals surface area contributed by atoms with Crippen LogP contribution in [0.1, 0.15) is 36.5 Å². The molecule has 3 rings (SSSR count). The van der Waals surface area contributed by atoms with Crippen molar-refractivity contribution in [2.75, 3.05) is 0 Å². The summed E-state index contributed by atoms with van der Waals surface area (Å²) in [4.78, 5) is 11.3. The Morgan fingerprint density at radius 1 is 1.31 bits per heavy atom. The fraction of sp³-hybridized carbons (Fsp3) is 0.417. The summed E-state index contributed by atoms with van der Waals surface area (Å²) in [6.07, 6.45) is 2.91. The van der Waals surface area contributed by atoms with Crippen molar-refractivity contribution in [1.29, 1.82) is 0 Å². The lowest BCUT2D eigenvalue weighted by Crippen LogP contribution is -2.45. The van der Waals surface area contributed by atoms with Gasteiger partial charge < -0.3 is 9.47 Å². The predicted molar refractivity (Wildman–Crippen MR) is 59.3 cm³/mol. The van der Waals surface area contributed by atoms with Crippen molar-refractivity contribution in [3.63, 3.8) is 0 Å². The fourth-order valence-corrected chi connectivity index (χ4v) is 2.34. The SMILES string of the molecule is CC(=O)c1cc2c(cc1Cl)OC1(CCC1)O2. The van der Waals surface area contributed by atoms with Gasteiger partial charge in [0, 0.05) is 24.5 Å². The van der Waals surface area contributed by atoms with Gasteiger partial charge in [0.2, 0.25) is 0 Å². The summed E-state index contributed by atoms with van der Waals surface area (Å²) in [5.74, 6) is 0.746. The maximum absolute atomic E-state index is 11.3. The van der Waals surface area contributed by atoms with E-state index >= 15 is 0 Å². The third kappa shape index (κ3) is 1.31. The van der Waals surface area contributed by atoms with E-state index in [0.29, 0.717) is 22.1 Å². The van der Waals surface area contributed by atoms with Crippen LogP contribution < -0.4 is 9.47 Å². The fourth-order valence-electron chi connectivity index (χ4n) is 2.06. The molecule has 0 unspecified atom stereocenters. The molecule has 1 aromatic rings. The van der Waals surface area contributed by atoms with E-state index < -0.39 is 5.79 Å². The van der Waals surface area contributed by atoms with Gasteiger partial charge in [0.15, 0.2) is 17.3 Å². The van der Waals surface area contributed by atoms with Crippen molar-refractivity contribution < 1.29 is 14.3 Å². The summed E-state index contributed by atoms with van der Waals surface area (Å²) in [5, 5.41) is 0.422. The number of rotatable bonds is 1. The van der Waals surface area contributed by atoms with Gasteiger partial charge in [0.25, 0.3) is 5.79 Å². The smallest absolute Gasteiger partial charge is 0.251 e.